The summed E-state index contributed by atoms with van der Waals surface area (Å²) in [6, 6.07) is 11.2. The number of esters is 1. The highest BCUT2D eigenvalue weighted by molar-refractivity contribution is 5.74. The van der Waals surface area contributed by atoms with Crippen LogP contribution in [0.5, 0.6) is 0 Å². The zero-order valence-corrected chi connectivity index (χ0v) is 15.2. The number of ether oxygens (including phenoxy) is 1. The molecule has 0 aromatic heterocycles. The monoisotopic (exact) mass is 317 g/mol. The molecule has 128 valence electrons. The second kappa shape index (κ2) is 7.96. The minimum Gasteiger partial charge on any atom is -0.469 e. The quantitative estimate of drug-likeness (QED) is 0.739. The van der Waals surface area contributed by atoms with Crippen molar-refractivity contribution >= 4 is 5.97 Å². The molecule has 1 fully saturated rings. The van der Waals surface area contributed by atoms with E-state index in [4.69, 9.17) is 4.74 Å². The topological polar surface area (TPSA) is 29.5 Å². The second-order valence-corrected chi connectivity index (χ2v) is 7.35. The number of methoxy groups -OCH3 is 1. The van der Waals surface area contributed by atoms with Crippen molar-refractivity contribution in [1.29, 1.82) is 0 Å². The zero-order valence-electron chi connectivity index (χ0n) is 15.2. The molecular formula is C20H31NO2. The Labute approximate surface area is 141 Å². The molecule has 0 aliphatic heterocycles. The van der Waals surface area contributed by atoms with E-state index in [1.807, 2.05) is 6.07 Å². The molecule has 1 aliphatic carbocycles. The van der Waals surface area contributed by atoms with E-state index in [1.54, 1.807) is 0 Å². The van der Waals surface area contributed by atoms with E-state index in [-0.39, 0.29) is 17.9 Å². The highest BCUT2D eigenvalue weighted by Crippen LogP contribution is 2.41. The van der Waals surface area contributed by atoms with Crippen LogP contribution < -0.4 is 0 Å². The summed E-state index contributed by atoms with van der Waals surface area (Å²) in [5, 5.41) is 0. The van der Waals surface area contributed by atoms with Crippen molar-refractivity contribution in [2.24, 2.45) is 17.8 Å². The van der Waals surface area contributed by atoms with Crippen LogP contribution in [-0.4, -0.2) is 30.1 Å². The number of nitrogens with zero attached hydrogens (tertiary/aromatic N) is 1. The van der Waals surface area contributed by atoms with E-state index in [2.05, 4.69) is 56.9 Å². The molecule has 0 unspecified atom stereocenters. The van der Waals surface area contributed by atoms with Crippen LogP contribution in [0.1, 0.15) is 46.1 Å². The number of hydrogen-bond acceptors (Lipinski definition) is 3. The Morgan fingerprint density at radius 1 is 1.17 bits per heavy atom. The fraction of sp³-hybridized carbons (Fsp3) is 0.650. The highest BCUT2D eigenvalue weighted by Gasteiger charge is 2.45. The summed E-state index contributed by atoms with van der Waals surface area (Å²) in [4.78, 5) is 15.0. The van der Waals surface area contributed by atoms with Gasteiger partial charge in [0, 0.05) is 18.6 Å². The van der Waals surface area contributed by atoms with Gasteiger partial charge in [0.05, 0.1) is 13.0 Å². The average molecular weight is 317 g/mol. The molecule has 0 heterocycles. The van der Waals surface area contributed by atoms with Crippen molar-refractivity contribution in [2.75, 3.05) is 7.11 Å². The lowest BCUT2D eigenvalue weighted by Gasteiger charge is -2.37. The molecule has 1 aromatic rings. The van der Waals surface area contributed by atoms with E-state index in [1.165, 1.54) is 12.7 Å². The Hall–Kier alpha value is -1.35. The smallest absolute Gasteiger partial charge is 0.310 e. The number of rotatable bonds is 6. The molecule has 0 bridgehead atoms. The first kappa shape index (κ1) is 18.0. The van der Waals surface area contributed by atoms with Crippen molar-refractivity contribution in [3.05, 3.63) is 35.9 Å². The van der Waals surface area contributed by atoms with Crippen molar-refractivity contribution in [3.63, 3.8) is 0 Å². The van der Waals surface area contributed by atoms with E-state index >= 15 is 0 Å². The van der Waals surface area contributed by atoms with Gasteiger partial charge in [-0.1, -0.05) is 44.2 Å². The molecule has 2 rings (SSSR count). The van der Waals surface area contributed by atoms with Crippen LogP contribution in [0.2, 0.25) is 0 Å². The summed E-state index contributed by atoms with van der Waals surface area (Å²) in [5.41, 5.74) is 1.30. The third-order valence-electron chi connectivity index (χ3n) is 5.30. The highest BCUT2D eigenvalue weighted by atomic mass is 16.5. The van der Waals surface area contributed by atoms with Gasteiger partial charge in [-0.15, -0.1) is 0 Å². The van der Waals surface area contributed by atoms with E-state index in [9.17, 15) is 4.79 Å². The van der Waals surface area contributed by atoms with E-state index < -0.39 is 0 Å². The summed E-state index contributed by atoms with van der Waals surface area (Å²) >= 11 is 0. The Balaban J connectivity index is 2.24. The van der Waals surface area contributed by atoms with Gasteiger partial charge in [-0.05, 0) is 44.1 Å². The second-order valence-electron chi connectivity index (χ2n) is 7.35. The first-order chi connectivity index (χ1) is 11.0. The van der Waals surface area contributed by atoms with Gasteiger partial charge in [-0.3, -0.25) is 9.69 Å². The first-order valence-electron chi connectivity index (χ1n) is 8.83. The van der Waals surface area contributed by atoms with Crippen molar-refractivity contribution in [2.45, 2.75) is 59.2 Å². The minimum absolute atomic E-state index is 0.00823. The van der Waals surface area contributed by atoms with Crippen molar-refractivity contribution in [1.82, 2.24) is 4.90 Å². The molecule has 0 radical (unpaired) electrons. The molecule has 0 N–H and O–H groups in total. The van der Waals surface area contributed by atoms with Crippen LogP contribution in [0, 0.1) is 17.8 Å². The number of hydrogen-bond donors (Lipinski definition) is 0. The molecule has 0 spiro atoms. The van der Waals surface area contributed by atoms with Crippen LogP contribution in [0.4, 0.5) is 0 Å². The molecular weight excluding hydrogens is 286 g/mol. The summed E-state index contributed by atoms with van der Waals surface area (Å²) in [5.74, 6) is 0.885. The maximum atomic E-state index is 12.5. The average Bonchev–Trinajstić information content (AvgIpc) is 2.97. The molecule has 0 amide bonds. The largest absolute Gasteiger partial charge is 0.469 e. The molecule has 0 saturated heterocycles. The number of carbonyl (C=O) groups is 1. The number of benzene rings is 1. The summed E-state index contributed by atoms with van der Waals surface area (Å²) < 4.78 is 5.16. The van der Waals surface area contributed by atoms with Gasteiger partial charge in [-0.25, -0.2) is 0 Å². The van der Waals surface area contributed by atoms with Gasteiger partial charge in [0.25, 0.3) is 0 Å². The fourth-order valence-electron chi connectivity index (χ4n) is 4.07. The Morgan fingerprint density at radius 2 is 1.83 bits per heavy atom. The maximum Gasteiger partial charge on any atom is 0.310 e. The number of carbonyl (C=O) groups excluding carboxylic acids is 1. The lowest BCUT2D eigenvalue weighted by Crippen LogP contribution is -2.46. The lowest BCUT2D eigenvalue weighted by atomic mass is 9.84. The van der Waals surface area contributed by atoms with E-state index in [0.29, 0.717) is 17.9 Å². The van der Waals surface area contributed by atoms with Crippen LogP contribution in [0.15, 0.2) is 30.3 Å². The van der Waals surface area contributed by atoms with Crippen LogP contribution >= 0.6 is 0 Å². The maximum absolute atomic E-state index is 12.5. The summed E-state index contributed by atoms with van der Waals surface area (Å²) in [7, 11) is 1.52. The normalized spacial score (nSPS) is 24.6. The standard InChI is InChI=1S/C20H31NO2/c1-14(2)17-11-12-18(19(17)20(22)23-5)21(15(3)4)13-16-9-7-6-8-10-16/h6-10,14-15,17-19H,11-13H2,1-5H3/t17-,18+,19-/m1/s1. The summed E-state index contributed by atoms with van der Waals surface area (Å²) in [6.45, 7) is 9.78. The SMILES string of the molecule is COC(=O)[C@@H]1[C@@H](C(C)C)CC[C@@H]1N(Cc1ccccc1)C(C)C. The Morgan fingerprint density at radius 3 is 2.35 bits per heavy atom. The van der Waals surface area contributed by atoms with E-state index in [0.717, 1.165) is 19.4 Å². The molecule has 3 heteroatoms. The minimum atomic E-state index is -0.0371. The predicted molar refractivity (Wildman–Crippen MR) is 94.0 cm³/mol. The molecule has 1 saturated carbocycles. The zero-order chi connectivity index (χ0) is 17.0. The van der Waals surface area contributed by atoms with Crippen molar-refractivity contribution in [3.8, 4) is 0 Å². The molecule has 1 aliphatic rings. The van der Waals surface area contributed by atoms with Gasteiger partial charge in [0.15, 0.2) is 0 Å². The Kier molecular flexibility index (Phi) is 6.23. The van der Waals surface area contributed by atoms with Gasteiger partial charge in [0.2, 0.25) is 0 Å². The molecule has 1 aromatic carbocycles. The van der Waals surface area contributed by atoms with Gasteiger partial charge < -0.3 is 4.74 Å². The van der Waals surface area contributed by atoms with Crippen LogP contribution in [-0.2, 0) is 16.1 Å². The fourth-order valence-corrected chi connectivity index (χ4v) is 4.07. The summed E-state index contributed by atoms with van der Waals surface area (Å²) in [6.07, 6.45) is 2.19. The third-order valence-corrected chi connectivity index (χ3v) is 5.30. The molecule has 3 nitrogen and oxygen atoms in total. The third kappa shape index (κ3) is 4.14. The van der Waals surface area contributed by atoms with Crippen molar-refractivity contribution < 1.29 is 9.53 Å². The first-order valence-corrected chi connectivity index (χ1v) is 8.83. The van der Waals surface area contributed by atoms with Crippen LogP contribution in [0.25, 0.3) is 0 Å². The predicted octanol–water partition coefficient (Wildman–Crippen LogP) is 4.12. The molecule has 3 atom stereocenters. The van der Waals surface area contributed by atoms with Gasteiger partial charge in [0.1, 0.15) is 0 Å². The van der Waals surface area contributed by atoms with Gasteiger partial charge in [-0.2, -0.15) is 0 Å². The lowest BCUT2D eigenvalue weighted by molar-refractivity contribution is -0.150. The van der Waals surface area contributed by atoms with Gasteiger partial charge >= 0.3 is 5.97 Å². The molecule has 23 heavy (non-hydrogen) atoms. The van der Waals surface area contributed by atoms with Crippen LogP contribution in [0.3, 0.4) is 0 Å². The Bertz CT molecular complexity index is 498.